The predicted molar refractivity (Wildman–Crippen MR) is 44.9 cm³/mol. The Morgan fingerprint density at radius 2 is 2.55 bits per heavy atom. The van der Waals surface area contributed by atoms with Crippen LogP contribution in [0.1, 0.15) is 26.2 Å². The molecule has 1 unspecified atom stereocenters. The third-order valence-electron chi connectivity index (χ3n) is 2.36. The summed E-state index contributed by atoms with van der Waals surface area (Å²) in [5.74, 6) is 0.844. The fourth-order valence-corrected chi connectivity index (χ4v) is 1.45. The average molecular weight is 153 g/mol. The summed E-state index contributed by atoms with van der Waals surface area (Å²) in [6.07, 6.45) is 4.60. The summed E-state index contributed by atoms with van der Waals surface area (Å²) in [5.41, 5.74) is 0. The Hall–Kier alpha value is -0.790. The van der Waals surface area contributed by atoms with Gasteiger partial charge < -0.3 is 4.90 Å². The highest BCUT2D eigenvalue weighted by Gasteiger charge is 2.22. The summed E-state index contributed by atoms with van der Waals surface area (Å²) in [7, 11) is 0. The van der Waals surface area contributed by atoms with Crippen LogP contribution in [0.2, 0.25) is 0 Å². The lowest BCUT2D eigenvalue weighted by Gasteiger charge is -2.28. The van der Waals surface area contributed by atoms with Crippen LogP contribution in [-0.4, -0.2) is 17.4 Å². The number of rotatable bonds is 2. The van der Waals surface area contributed by atoms with Crippen LogP contribution in [0, 0.1) is 5.92 Å². The van der Waals surface area contributed by atoms with E-state index in [9.17, 15) is 4.79 Å². The molecule has 1 saturated heterocycles. The number of hydrogen-bond donors (Lipinski definition) is 0. The Kier molecular flexibility index (Phi) is 2.69. The zero-order valence-electron chi connectivity index (χ0n) is 7.05. The van der Waals surface area contributed by atoms with Crippen molar-refractivity contribution in [1.29, 1.82) is 0 Å². The number of likely N-dealkylation sites (tertiary alicyclic amines) is 1. The minimum absolute atomic E-state index is 0.234. The highest BCUT2D eigenvalue weighted by Crippen LogP contribution is 2.20. The van der Waals surface area contributed by atoms with Gasteiger partial charge in [-0.05, 0) is 18.5 Å². The van der Waals surface area contributed by atoms with E-state index in [1.807, 2.05) is 0 Å². The summed E-state index contributed by atoms with van der Waals surface area (Å²) >= 11 is 0. The van der Waals surface area contributed by atoms with Gasteiger partial charge in [-0.2, -0.15) is 0 Å². The van der Waals surface area contributed by atoms with Crippen LogP contribution in [0.4, 0.5) is 0 Å². The molecule has 0 aliphatic carbocycles. The molecule has 1 fully saturated rings. The molecule has 1 aliphatic heterocycles. The van der Waals surface area contributed by atoms with E-state index in [0.717, 1.165) is 19.4 Å². The minimum atomic E-state index is 0.234. The summed E-state index contributed by atoms with van der Waals surface area (Å²) in [5, 5.41) is 0. The number of amides is 1. The molecule has 0 aromatic rings. The maximum absolute atomic E-state index is 11.2. The monoisotopic (exact) mass is 153 g/mol. The predicted octanol–water partition coefficient (Wildman–Crippen LogP) is 1.78. The van der Waals surface area contributed by atoms with E-state index in [4.69, 9.17) is 0 Å². The van der Waals surface area contributed by atoms with Crippen LogP contribution in [0.25, 0.3) is 0 Å². The van der Waals surface area contributed by atoms with E-state index in [0.29, 0.717) is 12.3 Å². The Labute approximate surface area is 67.9 Å². The van der Waals surface area contributed by atoms with Crippen molar-refractivity contribution in [2.45, 2.75) is 26.2 Å². The molecule has 2 nitrogen and oxygen atoms in total. The molecule has 1 atom stereocenters. The number of piperidine rings is 1. The number of carbonyl (C=O) groups is 1. The minimum Gasteiger partial charge on any atom is -0.320 e. The molecular formula is C9H15NO. The normalized spacial score (nSPS) is 25.4. The SMILES string of the molecule is C=CN1CCC(CC)CC1=O. The number of carbonyl (C=O) groups excluding carboxylic acids is 1. The maximum Gasteiger partial charge on any atom is 0.226 e. The lowest BCUT2D eigenvalue weighted by atomic mass is 9.94. The quantitative estimate of drug-likeness (QED) is 0.592. The largest absolute Gasteiger partial charge is 0.320 e. The van der Waals surface area contributed by atoms with Crippen molar-refractivity contribution in [3.05, 3.63) is 12.8 Å². The molecule has 62 valence electrons. The Morgan fingerprint density at radius 1 is 1.82 bits per heavy atom. The highest BCUT2D eigenvalue weighted by molar-refractivity contribution is 5.78. The summed E-state index contributed by atoms with van der Waals surface area (Å²) in [6, 6.07) is 0. The second kappa shape index (κ2) is 3.56. The Bertz CT molecular complexity index is 165. The fourth-order valence-electron chi connectivity index (χ4n) is 1.45. The molecule has 1 heterocycles. The maximum atomic E-state index is 11.2. The first kappa shape index (κ1) is 8.31. The molecule has 0 spiro atoms. The van der Waals surface area contributed by atoms with Gasteiger partial charge in [0.15, 0.2) is 0 Å². The van der Waals surface area contributed by atoms with Gasteiger partial charge in [-0.25, -0.2) is 0 Å². The van der Waals surface area contributed by atoms with E-state index in [1.165, 1.54) is 0 Å². The van der Waals surface area contributed by atoms with Gasteiger partial charge >= 0.3 is 0 Å². The molecule has 1 aliphatic rings. The van der Waals surface area contributed by atoms with Gasteiger partial charge in [-0.3, -0.25) is 4.79 Å². The van der Waals surface area contributed by atoms with E-state index in [1.54, 1.807) is 11.1 Å². The van der Waals surface area contributed by atoms with Crippen molar-refractivity contribution in [3.63, 3.8) is 0 Å². The molecule has 2 heteroatoms. The average Bonchev–Trinajstić information content (AvgIpc) is 2.04. The first-order valence-corrected chi connectivity index (χ1v) is 4.20. The zero-order chi connectivity index (χ0) is 8.27. The number of nitrogens with zero attached hydrogens (tertiary/aromatic N) is 1. The van der Waals surface area contributed by atoms with E-state index in [2.05, 4.69) is 13.5 Å². The van der Waals surface area contributed by atoms with Crippen LogP contribution >= 0.6 is 0 Å². The van der Waals surface area contributed by atoms with Crippen molar-refractivity contribution in [2.75, 3.05) is 6.54 Å². The standard InChI is InChI=1S/C9H15NO/c1-3-8-5-6-10(4-2)9(11)7-8/h4,8H,2-3,5-7H2,1H3. The van der Waals surface area contributed by atoms with Crippen LogP contribution < -0.4 is 0 Å². The topological polar surface area (TPSA) is 20.3 Å². The Morgan fingerprint density at radius 3 is 3.00 bits per heavy atom. The molecule has 1 amide bonds. The third-order valence-corrected chi connectivity index (χ3v) is 2.36. The highest BCUT2D eigenvalue weighted by atomic mass is 16.2. The van der Waals surface area contributed by atoms with Crippen LogP contribution in [0.5, 0.6) is 0 Å². The molecule has 0 saturated carbocycles. The molecule has 0 N–H and O–H groups in total. The molecule has 0 radical (unpaired) electrons. The summed E-state index contributed by atoms with van der Waals surface area (Å²) < 4.78 is 0. The van der Waals surface area contributed by atoms with Gasteiger partial charge in [0.2, 0.25) is 5.91 Å². The van der Waals surface area contributed by atoms with Gasteiger partial charge in [-0.15, -0.1) is 0 Å². The molecular weight excluding hydrogens is 138 g/mol. The Balaban J connectivity index is 2.47. The second-order valence-electron chi connectivity index (χ2n) is 3.04. The van der Waals surface area contributed by atoms with E-state index >= 15 is 0 Å². The molecule has 0 bridgehead atoms. The van der Waals surface area contributed by atoms with Crippen molar-refractivity contribution in [2.24, 2.45) is 5.92 Å². The molecule has 0 aromatic heterocycles. The molecule has 1 rings (SSSR count). The number of hydrogen-bond acceptors (Lipinski definition) is 1. The van der Waals surface area contributed by atoms with E-state index < -0.39 is 0 Å². The van der Waals surface area contributed by atoms with Crippen LogP contribution in [0.3, 0.4) is 0 Å². The molecule has 11 heavy (non-hydrogen) atoms. The fraction of sp³-hybridized carbons (Fsp3) is 0.667. The van der Waals surface area contributed by atoms with Gasteiger partial charge in [0, 0.05) is 13.0 Å². The van der Waals surface area contributed by atoms with Gasteiger partial charge in [-0.1, -0.05) is 19.9 Å². The summed E-state index contributed by atoms with van der Waals surface area (Å²) in [4.78, 5) is 13.0. The second-order valence-corrected chi connectivity index (χ2v) is 3.04. The molecule has 0 aromatic carbocycles. The van der Waals surface area contributed by atoms with Gasteiger partial charge in [0.05, 0.1) is 0 Å². The van der Waals surface area contributed by atoms with Crippen molar-refractivity contribution in [3.8, 4) is 0 Å². The lowest BCUT2D eigenvalue weighted by molar-refractivity contribution is -0.132. The van der Waals surface area contributed by atoms with Crippen LogP contribution in [-0.2, 0) is 4.79 Å². The van der Waals surface area contributed by atoms with Crippen molar-refractivity contribution < 1.29 is 4.79 Å². The lowest BCUT2D eigenvalue weighted by Crippen LogP contribution is -2.34. The van der Waals surface area contributed by atoms with Crippen molar-refractivity contribution in [1.82, 2.24) is 4.90 Å². The zero-order valence-corrected chi connectivity index (χ0v) is 7.05. The first-order valence-electron chi connectivity index (χ1n) is 4.20. The third kappa shape index (κ3) is 1.82. The van der Waals surface area contributed by atoms with E-state index in [-0.39, 0.29) is 5.91 Å². The smallest absolute Gasteiger partial charge is 0.226 e. The first-order chi connectivity index (χ1) is 5.27. The van der Waals surface area contributed by atoms with Gasteiger partial charge in [0.25, 0.3) is 0 Å². The summed E-state index contributed by atoms with van der Waals surface area (Å²) in [6.45, 7) is 6.59. The van der Waals surface area contributed by atoms with Gasteiger partial charge in [0.1, 0.15) is 0 Å². The van der Waals surface area contributed by atoms with Crippen LogP contribution in [0.15, 0.2) is 12.8 Å². The van der Waals surface area contributed by atoms with Crippen molar-refractivity contribution >= 4 is 5.91 Å².